The average molecular weight is 340 g/mol. The predicted molar refractivity (Wildman–Crippen MR) is 72.2 cm³/mol. The summed E-state index contributed by atoms with van der Waals surface area (Å²) in [5, 5.41) is 3.57. The van der Waals surface area contributed by atoms with Gasteiger partial charge in [-0.05, 0) is 34.8 Å². The van der Waals surface area contributed by atoms with Gasteiger partial charge in [-0.1, -0.05) is 11.6 Å². The third-order valence-corrected chi connectivity index (χ3v) is 5.58. The fraction of sp³-hybridized carbons (Fsp3) is 0.500. The minimum atomic E-state index is -2.89. The van der Waals surface area contributed by atoms with Crippen LogP contribution in [0.4, 0.5) is 5.69 Å². The van der Waals surface area contributed by atoms with Gasteiger partial charge in [0.2, 0.25) is 0 Å². The van der Waals surface area contributed by atoms with Crippen molar-refractivity contribution in [1.29, 1.82) is 0 Å². The van der Waals surface area contributed by atoms with Gasteiger partial charge < -0.3 is 5.32 Å². The van der Waals surface area contributed by atoms with E-state index >= 15 is 0 Å². The van der Waals surface area contributed by atoms with Crippen molar-refractivity contribution in [2.45, 2.75) is 18.9 Å². The third-order valence-electron chi connectivity index (χ3n) is 2.63. The minimum Gasteiger partial charge on any atom is -0.380 e. The molecule has 0 amide bonds. The first-order valence-electron chi connectivity index (χ1n) is 5.24. The lowest BCUT2D eigenvalue weighted by atomic mass is 10.2. The van der Waals surface area contributed by atoms with Crippen molar-refractivity contribution in [1.82, 2.24) is 4.98 Å². The quantitative estimate of drug-likeness (QED) is 0.841. The number of hydrogen-bond donors (Lipinski definition) is 1. The van der Waals surface area contributed by atoms with Gasteiger partial charge in [-0.2, -0.15) is 0 Å². The molecule has 1 aliphatic heterocycles. The predicted octanol–water partition coefficient (Wildman–Crippen LogP) is 2.49. The van der Waals surface area contributed by atoms with Crippen molar-refractivity contribution in [3.63, 3.8) is 0 Å². The SMILES string of the molecule is O=S1(=O)CCCC(Nc2cnc(Cl)c(Br)c2)C1. The largest absolute Gasteiger partial charge is 0.380 e. The summed E-state index contributed by atoms with van der Waals surface area (Å²) in [5.74, 6) is 0.487. The van der Waals surface area contributed by atoms with Crippen molar-refractivity contribution in [2.75, 3.05) is 16.8 Å². The topological polar surface area (TPSA) is 59.1 Å². The number of nitrogens with one attached hydrogen (secondary N) is 1. The van der Waals surface area contributed by atoms with Crippen LogP contribution in [0, 0.1) is 0 Å². The first-order valence-corrected chi connectivity index (χ1v) is 8.23. The fourth-order valence-electron chi connectivity index (χ4n) is 1.87. The fourth-order valence-corrected chi connectivity index (χ4v) is 3.96. The molecule has 1 aliphatic rings. The van der Waals surface area contributed by atoms with Crippen molar-refractivity contribution in [3.05, 3.63) is 21.9 Å². The van der Waals surface area contributed by atoms with Crippen LogP contribution in [-0.4, -0.2) is 30.9 Å². The van der Waals surface area contributed by atoms with Crippen LogP contribution in [0.25, 0.3) is 0 Å². The minimum absolute atomic E-state index is 0.0383. The average Bonchev–Trinajstić information content (AvgIpc) is 2.22. The van der Waals surface area contributed by atoms with Crippen molar-refractivity contribution in [2.24, 2.45) is 0 Å². The molecule has 0 radical (unpaired) electrons. The van der Waals surface area contributed by atoms with Crippen LogP contribution in [-0.2, 0) is 9.84 Å². The number of nitrogens with zero attached hydrogens (tertiary/aromatic N) is 1. The first kappa shape index (κ1) is 13.1. The second kappa shape index (κ2) is 5.12. The Morgan fingerprint density at radius 3 is 2.94 bits per heavy atom. The summed E-state index contributed by atoms with van der Waals surface area (Å²) in [6.45, 7) is 0. The normalized spacial score (nSPS) is 23.3. The smallest absolute Gasteiger partial charge is 0.152 e. The van der Waals surface area contributed by atoms with E-state index in [0.717, 1.165) is 12.1 Å². The molecule has 1 aromatic rings. The molecule has 1 saturated heterocycles. The number of anilines is 1. The van der Waals surface area contributed by atoms with Gasteiger partial charge in [0, 0.05) is 6.04 Å². The lowest BCUT2D eigenvalue weighted by Gasteiger charge is -2.23. The molecule has 17 heavy (non-hydrogen) atoms. The van der Waals surface area contributed by atoms with Gasteiger partial charge in [-0.3, -0.25) is 0 Å². The Balaban J connectivity index is 2.08. The molecule has 4 nitrogen and oxygen atoms in total. The number of rotatable bonds is 2. The monoisotopic (exact) mass is 338 g/mol. The summed E-state index contributed by atoms with van der Waals surface area (Å²) in [5.41, 5.74) is 0.781. The van der Waals surface area contributed by atoms with E-state index in [2.05, 4.69) is 26.2 Å². The standard InChI is InChI=1S/C10H12BrClN2O2S/c11-9-4-8(5-13-10(9)12)14-7-2-1-3-17(15,16)6-7/h4-5,7,14H,1-3,6H2. The number of sulfone groups is 1. The van der Waals surface area contributed by atoms with Crippen LogP contribution in [0.15, 0.2) is 16.7 Å². The van der Waals surface area contributed by atoms with E-state index in [1.807, 2.05) is 0 Å². The molecular weight excluding hydrogens is 328 g/mol. The maximum Gasteiger partial charge on any atom is 0.152 e. The van der Waals surface area contributed by atoms with Gasteiger partial charge in [0.25, 0.3) is 0 Å². The van der Waals surface area contributed by atoms with E-state index in [-0.39, 0.29) is 11.8 Å². The molecule has 0 aliphatic carbocycles. The highest BCUT2D eigenvalue weighted by Crippen LogP contribution is 2.24. The summed E-state index contributed by atoms with van der Waals surface area (Å²) in [4.78, 5) is 3.99. The second-order valence-electron chi connectivity index (χ2n) is 4.09. The maximum atomic E-state index is 11.5. The molecule has 1 aromatic heterocycles. The molecular formula is C10H12BrClN2O2S. The lowest BCUT2D eigenvalue weighted by molar-refractivity contribution is 0.562. The van der Waals surface area contributed by atoms with Gasteiger partial charge in [0.05, 0.1) is 27.9 Å². The molecule has 0 aromatic carbocycles. The zero-order chi connectivity index (χ0) is 12.5. The molecule has 0 spiro atoms. The van der Waals surface area contributed by atoms with Crippen molar-refractivity contribution < 1.29 is 8.42 Å². The molecule has 2 heterocycles. The summed E-state index contributed by atoms with van der Waals surface area (Å²) >= 11 is 9.07. The molecule has 94 valence electrons. The zero-order valence-corrected chi connectivity index (χ0v) is 12.1. The van der Waals surface area contributed by atoms with Crippen molar-refractivity contribution in [3.8, 4) is 0 Å². The van der Waals surface area contributed by atoms with Crippen LogP contribution in [0.5, 0.6) is 0 Å². The second-order valence-corrected chi connectivity index (χ2v) is 7.54. The Morgan fingerprint density at radius 2 is 2.29 bits per heavy atom. The zero-order valence-electron chi connectivity index (χ0n) is 8.99. The molecule has 0 saturated carbocycles. The molecule has 1 N–H and O–H groups in total. The van der Waals surface area contributed by atoms with E-state index < -0.39 is 9.84 Å². The maximum absolute atomic E-state index is 11.5. The van der Waals surface area contributed by atoms with E-state index in [0.29, 0.717) is 21.8 Å². The molecule has 1 unspecified atom stereocenters. The highest BCUT2D eigenvalue weighted by Gasteiger charge is 2.24. The van der Waals surface area contributed by atoms with Crippen LogP contribution in [0.3, 0.4) is 0 Å². The number of aromatic nitrogens is 1. The first-order chi connectivity index (χ1) is 7.96. The highest BCUT2D eigenvalue weighted by molar-refractivity contribution is 9.10. The van der Waals surface area contributed by atoms with Crippen LogP contribution in [0.2, 0.25) is 5.15 Å². The Bertz CT molecular complexity index is 521. The van der Waals surface area contributed by atoms with Gasteiger partial charge in [-0.25, -0.2) is 13.4 Å². The van der Waals surface area contributed by atoms with E-state index in [9.17, 15) is 8.42 Å². The van der Waals surface area contributed by atoms with Gasteiger partial charge in [0.15, 0.2) is 9.84 Å². The molecule has 1 atom stereocenters. The summed E-state index contributed by atoms with van der Waals surface area (Å²) in [7, 11) is -2.89. The third kappa shape index (κ3) is 3.56. The molecule has 0 bridgehead atoms. The van der Waals surface area contributed by atoms with Gasteiger partial charge >= 0.3 is 0 Å². The Kier molecular flexibility index (Phi) is 3.95. The summed E-state index contributed by atoms with van der Waals surface area (Å²) in [6, 6.07) is 1.76. The Hall–Kier alpha value is -0.330. The number of pyridine rings is 1. The van der Waals surface area contributed by atoms with Crippen LogP contribution in [0.1, 0.15) is 12.8 Å². The number of hydrogen-bond acceptors (Lipinski definition) is 4. The van der Waals surface area contributed by atoms with Crippen LogP contribution < -0.4 is 5.32 Å². The van der Waals surface area contributed by atoms with Crippen LogP contribution >= 0.6 is 27.5 Å². The molecule has 7 heteroatoms. The summed E-state index contributed by atoms with van der Waals surface area (Å²) < 4.78 is 23.7. The van der Waals surface area contributed by atoms with E-state index in [1.54, 1.807) is 12.3 Å². The Morgan fingerprint density at radius 1 is 1.53 bits per heavy atom. The van der Waals surface area contributed by atoms with Gasteiger partial charge in [0.1, 0.15) is 5.15 Å². The Labute approximate surface area is 114 Å². The lowest BCUT2D eigenvalue weighted by Crippen LogP contribution is -2.34. The molecule has 1 fully saturated rings. The van der Waals surface area contributed by atoms with E-state index in [1.165, 1.54) is 0 Å². The van der Waals surface area contributed by atoms with Gasteiger partial charge in [-0.15, -0.1) is 0 Å². The summed E-state index contributed by atoms with van der Waals surface area (Å²) in [6.07, 6.45) is 3.18. The van der Waals surface area contributed by atoms with Crippen molar-refractivity contribution >= 4 is 43.1 Å². The van der Waals surface area contributed by atoms with E-state index in [4.69, 9.17) is 11.6 Å². The number of halogens is 2. The molecule has 2 rings (SSSR count). The highest BCUT2D eigenvalue weighted by atomic mass is 79.9.